The lowest BCUT2D eigenvalue weighted by Gasteiger charge is -2.13. The molecule has 1 heterocycles. The third kappa shape index (κ3) is 3.97. The van der Waals surface area contributed by atoms with E-state index in [-0.39, 0.29) is 17.4 Å². The number of esters is 1. The van der Waals surface area contributed by atoms with Gasteiger partial charge in [0.2, 0.25) is 0 Å². The molecule has 138 valence electrons. The Kier molecular flexibility index (Phi) is 5.78. The van der Waals surface area contributed by atoms with Crippen LogP contribution in [0, 0.1) is 6.92 Å². The Labute approximate surface area is 167 Å². The van der Waals surface area contributed by atoms with Crippen molar-refractivity contribution in [2.24, 2.45) is 0 Å². The van der Waals surface area contributed by atoms with E-state index in [0.29, 0.717) is 28.0 Å². The zero-order valence-electron chi connectivity index (χ0n) is 14.9. The minimum Gasteiger partial charge on any atom is -0.454 e. The van der Waals surface area contributed by atoms with Gasteiger partial charge in [0.15, 0.2) is 12.4 Å². The summed E-state index contributed by atoms with van der Waals surface area (Å²) in [6, 6.07) is 11.9. The molecule has 6 heteroatoms. The van der Waals surface area contributed by atoms with Crippen LogP contribution in [-0.4, -0.2) is 23.3 Å². The molecule has 1 aromatic heterocycles. The van der Waals surface area contributed by atoms with Gasteiger partial charge in [0.1, 0.15) is 0 Å². The van der Waals surface area contributed by atoms with Gasteiger partial charge in [0, 0.05) is 16.6 Å². The molecule has 0 bridgehead atoms. The van der Waals surface area contributed by atoms with Crippen LogP contribution >= 0.6 is 23.2 Å². The fourth-order valence-corrected chi connectivity index (χ4v) is 3.22. The first-order valence-corrected chi connectivity index (χ1v) is 9.21. The number of fused-ring (bicyclic) bond motifs is 1. The van der Waals surface area contributed by atoms with Crippen LogP contribution < -0.4 is 0 Å². The standard InChI is InChI=1S/C21H17Cl2NO3/c1-3-17-12(2)20(14-6-4-5-7-18(14)24-17)21(26)27-11-19(25)13-8-9-15(22)16(23)10-13/h4-10H,3,11H2,1-2H3. The minimum absolute atomic E-state index is 0.275. The number of para-hydroxylation sites is 1. The van der Waals surface area contributed by atoms with Crippen molar-refractivity contribution >= 4 is 45.9 Å². The van der Waals surface area contributed by atoms with Gasteiger partial charge in [-0.15, -0.1) is 0 Å². The first-order chi connectivity index (χ1) is 12.9. The third-order valence-corrected chi connectivity index (χ3v) is 5.09. The summed E-state index contributed by atoms with van der Waals surface area (Å²) in [6.45, 7) is 3.44. The van der Waals surface area contributed by atoms with Crippen LogP contribution in [0.4, 0.5) is 0 Å². The van der Waals surface area contributed by atoms with E-state index in [1.54, 1.807) is 6.07 Å². The number of Topliss-reactive ketones (excluding diaryl/α,β-unsaturated/α-hetero) is 1. The number of carbonyl (C=O) groups excluding carboxylic acids is 2. The summed E-state index contributed by atoms with van der Waals surface area (Å²) < 4.78 is 5.31. The highest BCUT2D eigenvalue weighted by Gasteiger charge is 2.20. The largest absolute Gasteiger partial charge is 0.454 e. The molecule has 27 heavy (non-hydrogen) atoms. The molecule has 2 aromatic carbocycles. The number of aromatic nitrogens is 1. The SMILES string of the molecule is CCc1nc2ccccc2c(C(=O)OCC(=O)c2ccc(Cl)c(Cl)c2)c1C. The molecule has 0 spiro atoms. The highest BCUT2D eigenvalue weighted by Crippen LogP contribution is 2.25. The molecule has 0 fully saturated rings. The molecule has 4 nitrogen and oxygen atoms in total. The summed E-state index contributed by atoms with van der Waals surface area (Å²) in [7, 11) is 0. The summed E-state index contributed by atoms with van der Waals surface area (Å²) in [5.74, 6) is -0.900. The molecular formula is C21H17Cl2NO3. The Morgan fingerprint density at radius 3 is 2.52 bits per heavy atom. The van der Waals surface area contributed by atoms with Crippen molar-refractivity contribution in [2.45, 2.75) is 20.3 Å². The topological polar surface area (TPSA) is 56.3 Å². The lowest BCUT2D eigenvalue weighted by molar-refractivity contribution is 0.0476. The molecular weight excluding hydrogens is 385 g/mol. The van der Waals surface area contributed by atoms with Crippen molar-refractivity contribution < 1.29 is 14.3 Å². The number of carbonyl (C=O) groups is 2. The number of pyridine rings is 1. The van der Waals surface area contributed by atoms with Gasteiger partial charge in [-0.25, -0.2) is 4.79 Å². The zero-order valence-corrected chi connectivity index (χ0v) is 16.4. The van der Waals surface area contributed by atoms with E-state index >= 15 is 0 Å². The van der Waals surface area contributed by atoms with Crippen LogP contribution in [0.25, 0.3) is 10.9 Å². The minimum atomic E-state index is -0.547. The fraction of sp³-hybridized carbons (Fsp3) is 0.190. The average Bonchev–Trinajstić information content (AvgIpc) is 2.67. The number of halogens is 2. The van der Waals surface area contributed by atoms with Crippen LogP contribution in [-0.2, 0) is 11.2 Å². The summed E-state index contributed by atoms with van der Waals surface area (Å²) in [4.78, 5) is 29.7. The van der Waals surface area contributed by atoms with Gasteiger partial charge in [-0.05, 0) is 43.2 Å². The van der Waals surface area contributed by atoms with Crippen molar-refractivity contribution in [2.75, 3.05) is 6.61 Å². The lowest BCUT2D eigenvalue weighted by Crippen LogP contribution is -2.16. The molecule has 0 aliphatic rings. The van der Waals surface area contributed by atoms with Gasteiger partial charge in [-0.2, -0.15) is 0 Å². The van der Waals surface area contributed by atoms with Crippen LogP contribution in [0.2, 0.25) is 10.0 Å². The van der Waals surface area contributed by atoms with Gasteiger partial charge in [0.05, 0.1) is 21.1 Å². The first kappa shape index (κ1) is 19.3. The lowest BCUT2D eigenvalue weighted by atomic mass is 10.0. The Morgan fingerprint density at radius 1 is 1.07 bits per heavy atom. The molecule has 0 saturated carbocycles. The van der Waals surface area contributed by atoms with Crippen molar-refractivity contribution in [1.82, 2.24) is 4.98 Å². The second-order valence-corrected chi connectivity index (χ2v) is 6.87. The van der Waals surface area contributed by atoms with E-state index < -0.39 is 5.97 Å². The third-order valence-electron chi connectivity index (χ3n) is 4.35. The van der Waals surface area contributed by atoms with Crippen LogP contribution in [0.3, 0.4) is 0 Å². The number of ketones is 1. The van der Waals surface area contributed by atoms with Gasteiger partial charge in [-0.1, -0.05) is 48.3 Å². The van der Waals surface area contributed by atoms with E-state index in [0.717, 1.165) is 16.8 Å². The monoisotopic (exact) mass is 401 g/mol. The summed E-state index contributed by atoms with van der Waals surface area (Å²) in [6.07, 6.45) is 0.694. The number of nitrogens with zero attached hydrogens (tertiary/aromatic N) is 1. The maximum absolute atomic E-state index is 12.8. The second kappa shape index (κ2) is 8.07. The quantitative estimate of drug-likeness (QED) is 0.421. The van der Waals surface area contributed by atoms with Gasteiger partial charge >= 0.3 is 5.97 Å². The van der Waals surface area contributed by atoms with Crippen LogP contribution in [0.1, 0.15) is 38.9 Å². The molecule has 3 rings (SSSR count). The van der Waals surface area contributed by atoms with Crippen molar-refractivity contribution in [3.8, 4) is 0 Å². The number of aryl methyl sites for hydroxylation is 1. The molecule has 0 saturated heterocycles. The number of hydrogen-bond acceptors (Lipinski definition) is 4. The predicted octanol–water partition coefficient (Wildman–Crippen LogP) is 5.45. The molecule has 0 amide bonds. The highest BCUT2D eigenvalue weighted by atomic mass is 35.5. The van der Waals surface area contributed by atoms with Crippen molar-refractivity contribution in [3.05, 3.63) is 74.9 Å². The van der Waals surface area contributed by atoms with Gasteiger partial charge in [-0.3, -0.25) is 9.78 Å². The first-order valence-electron chi connectivity index (χ1n) is 8.46. The Hall–Kier alpha value is -2.43. The van der Waals surface area contributed by atoms with Crippen LogP contribution in [0.5, 0.6) is 0 Å². The molecule has 0 aliphatic carbocycles. The van der Waals surface area contributed by atoms with E-state index in [2.05, 4.69) is 4.98 Å². The average molecular weight is 402 g/mol. The number of ether oxygens (including phenoxy) is 1. The zero-order chi connectivity index (χ0) is 19.6. The highest BCUT2D eigenvalue weighted by molar-refractivity contribution is 6.42. The summed E-state index contributed by atoms with van der Waals surface area (Å²) in [5.41, 5.74) is 3.10. The maximum atomic E-state index is 12.8. The number of benzene rings is 2. The normalized spacial score (nSPS) is 10.8. The van der Waals surface area contributed by atoms with Crippen molar-refractivity contribution in [3.63, 3.8) is 0 Å². The number of hydrogen-bond donors (Lipinski definition) is 0. The summed E-state index contributed by atoms with van der Waals surface area (Å²) >= 11 is 11.8. The fourth-order valence-electron chi connectivity index (χ4n) is 2.92. The predicted molar refractivity (Wildman–Crippen MR) is 107 cm³/mol. The van der Waals surface area contributed by atoms with E-state index in [1.165, 1.54) is 12.1 Å². The second-order valence-electron chi connectivity index (χ2n) is 6.06. The van der Waals surface area contributed by atoms with Gasteiger partial charge < -0.3 is 4.74 Å². The maximum Gasteiger partial charge on any atom is 0.339 e. The molecule has 0 unspecified atom stereocenters. The smallest absolute Gasteiger partial charge is 0.339 e. The Morgan fingerprint density at radius 2 is 1.81 bits per heavy atom. The molecule has 0 aliphatic heterocycles. The van der Waals surface area contributed by atoms with Gasteiger partial charge in [0.25, 0.3) is 0 Å². The molecule has 0 atom stereocenters. The number of rotatable bonds is 5. The summed E-state index contributed by atoms with van der Waals surface area (Å²) in [5, 5.41) is 1.34. The molecule has 0 N–H and O–H groups in total. The Balaban J connectivity index is 1.87. The molecule has 3 aromatic rings. The van der Waals surface area contributed by atoms with E-state index in [1.807, 2.05) is 38.1 Å². The van der Waals surface area contributed by atoms with E-state index in [4.69, 9.17) is 27.9 Å². The molecule has 0 radical (unpaired) electrons. The van der Waals surface area contributed by atoms with Crippen LogP contribution in [0.15, 0.2) is 42.5 Å². The Bertz CT molecular complexity index is 1050. The van der Waals surface area contributed by atoms with Crippen molar-refractivity contribution in [1.29, 1.82) is 0 Å². The van der Waals surface area contributed by atoms with E-state index in [9.17, 15) is 9.59 Å².